The minimum absolute atomic E-state index is 0.0701. The highest BCUT2D eigenvalue weighted by Crippen LogP contribution is 2.23. The van der Waals surface area contributed by atoms with Gasteiger partial charge in [-0.25, -0.2) is 9.50 Å². The standard InChI is InChI=1S/C20H19N7O3/c1-13-22-18(30-25-13)9-19(28)26-7-8-29-16(12-26)20-23-17-5-4-15(11-27(17)24-20)14-3-2-6-21-10-14/h2-6,10-11,16H,7-9,12H2,1H3. The molecule has 1 atom stereocenters. The topological polar surface area (TPSA) is 112 Å². The second-order valence-corrected chi connectivity index (χ2v) is 7.04. The molecule has 5 rings (SSSR count). The Hall–Kier alpha value is -3.66. The van der Waals surface area contributed by atoms with Crippen molar-refractivity contribution in [2.24, 2.45) is 0 Å². The third kappa shape index (κ3) is 3.64. The van der Waals surface area contributed by atoms with Crippen molar-refractivity contribution in [3.8, 4) is 11.1 Å². The monoisotopic (exact) mass is 405 g/mol. The zero-order chi connectivity index (χ0) is 20.5. The molecule has 1 amide bonds. The Kier molecular flexibility index (Phi) is 4.68. The van der Waals surface area contributed by atoms with Crippen molar-refractivity contribution in [3.05, 3.63) is 60.4 Å². The van der Waals surface area contributed by atoms with Crippen LogP contribution >= 0.6 is 0 Å². The van der Waals surface area contributed by atoms with Crippen LogP contribution in [0, 0.1) is 6.92 Å². The number of nitrogens with zero attached hydrogens (tertiary/aromatic N) is 7. The quantitative estimate of drug-likeness (QED) is 0.504. The highest BCUT2D eigenvalue weighted by molar-refractivity contribution is 5.78. The Balaban J connectivity index is 1.33. The van der Waals surface area contributed by atoms with Gasteiger partial charge >= 0.3 is 0 Å². The van der Waals surface area contributed by atoms with Crippen molar-refractivity contribution in [1.29, 1.82) is 0 Å². The van der Waals surface area contributed by atoms with Crippen LogP contribution in [0.4, 0.5) is 0 Å². The summed E-state index contributed by atoms with van der Waals surface area (Å²) in [6.07, 6.45) is 5.13. The number of pyridine rings is 2. The van der Waals surface area contributed by atoms with E-state index in [-0.39, 0.29) is 12.3 Å². The Bertz CT molecular complexity index is 1190. The van der Waals surface area contributed by atoms with E-state index in [1.54, 1.807) is 28.7 Å². The van der Waals surface area contributed by atoms with Gasteiger partial charge in [-0.1, -0.05) is 11.2 Å². The first-order valence-electron chi connectivity index (χ1n) is 9.61. The Labute approximate surface area is 171 Å². The summed E-state index contributed by atoms with van der Waals surface area (Å²) in [6.45, 7) is 3.01. The number of carbonyl (C=O) groups excluding carboxylic acids is 1. The third-order valence-corrected chi connectivity index (χ3v) is 4.92. The number of hydrogen-bond acceptors (Lipinski definition) is 8. The molecule has 10 nitrogen and oxygen atoms in total. The largest absolute Gasteiger partial charge is 0.366 e. The number of morpholine rings is 1. The highest BCUT2D eigenvalue weighted by Gasteiger charge is 2.29. The number of aryl methyl sites for hydroxylation is 1. The van der Waals surface area contributed by atoms with Crippen molar-refractivity contribution in [2.45, 2.75) is 19.4 Å². The number of ether oxygens (including phenoxy) is 1. The van der Waals surface area contributed by atoms with Gasteiger partial charge in [0.05, 0.1) is 13.2 Å². The molecule has 0 radical (unpaired) electrons. The van der Waals surface area contributed by atoms with Gasteiger partial charge < -0.3 is 14.2 Å². The first-order valence-corrected chi connectivity index (χ1v) is 9.61. The van der Waals surface area contributed by atoms with Gasteiger partial charge in [-0.2, -0.15) is 4.98 Å². The second-order valence-electron chi connectivity index (χ2n) is 7.04. The van der Waals surface area contributed by atoms with Crippen LogP contribution in [0.1, 0.15) is 23.6 Å². The molecule has 0 N–H and O–H groups in total. The molecule has 152 valence electrons. The average Bonchev–Trinajstić information content (AvgIpc) is 3.39. The van der Waals surface area contributed by atoms with E-state index in [0.29, 0.717) is 42.9 Å². The van der Waals surface area contributed by atoms with E-state index in [2.05, 4.69) is 25.2 Å². The number of aromatic nitrogens is 6. The maximum atomic E-state index is 12.6. The molecule has 1 fully saturated rings. The fraction of sp³-hybridized carbons (Fsp3) is 0.300. The minimum Gasteiger partial charge on any atom is -0.366 e. The van der Waals surface area contributed by atoms with E-state index < -0.39 is 6.10 Å². The summed E-state index contributed by atoms with van der Waals surface area (Å²) in [5, 5.41) is 8.31. The van der Waals surface area contributed by atoms with Crippen LogP contribution in [0.15, 0.2) is 47.4 Å². The predicted molar refractivity (Wildman–Crippen MR) is 104 cm³/mol. The molecule has 1 saturated heterocycles. The zero-order valence-corrected chi connectivity index (χ0v) is 16.3. The van der Waals surface area contributed by atoms with E-state index in [1.807, 2.05) is 30.5 Å². The number of rotatable bonds is 4. The molecule has 1 unspecified atom stereocenters. The number of amides is 1. The van der Waals surface area contributed by atoms with Crippen molar-refractivity contribution in [2.75, 3.05) is 19.7 Å². The van der Waals surface area contributed by atoms with Crippen LogP contribution < -0.4 is 0 Å². The van der Waals surface area contributed by atoms with E-state index in [9.17, 15) is 4.79 Å². The first kappa shape index (κ1) is 18.4. The smallest absolute Gasteiger partial charge is 0.236 e. The van der Waals surface area contributed by atoms with Gasteiger partial charge in [-0.15, -0.1) is 5.10 Å². The third-order valence-electron chi connectivity index (χ3n) is 4.92. The number of hydrogen-bond donors (Lipinski definition) is 0. The van der Waals surface area contributed by atoms with Crippen LogP contribution in [-0.4, -0.2) is 60.2 Å². The fourth-order valence-electron chi connectivity index (χ4n) is 3.43. The summed E-state index contributed by atoms with van der Waals surface area (Å²) in [4.78, 5) is 27.2. The van der Waals surface area contributed by atoms with Gasteiger partial charge in [0.15, 0.2) is 17.3 Å². The first-order chi connectivity index (χ1) is 14.7. The van der Waals surface area contributed by atoms with Crippen LogP contribution in [0.3, 0.4) is 0 Å². The van der Waals surface area contributed by atoms with Gasteiger partial charge in [0, 0.05) is 36.3 Å². The van der Waals surface area contributed by atoms with E-state index in [1.165, 1.54) is 0 Å². The highest BCUT2D eigenvalue weighted by atomic mass is 16.5. The molecule has 4 aromatic heterocycles. The molecule has 1 aliphatic heterocycles. The van der Waals surface area contributed by atoms with E-state index in [4.69, 9.17) is 9.26 Å². The summed E-state index contributed by atoms with van der Waals surface area (Å²) in [5.74, 6) is 1.28. The number of fused-ring (bicyclic) bond motifs is 1. The van der Waals surface area contributed by atoms with Gasteiger partial charge in [0.2, 0.25) is 11.8 Å². The lowest BCUT2D eigenvalue weighted by atomic mass is 10.1. The van der Waals surface area contributed by atoms with Gasteiger partial charge in [-0.05, 0) is 25.1 Å². The lowest BCUT2D eigenvalue weighted by molar-refractivity contribution is -0.139. The van der Waals surface area contributed by atoms with Gasteiger partial charge in [-0.3, -0.25) is 9.78 Å². The van der Waals surface area contributed by atoms with Crippen LogP contribution in [0.5, 0.6) is 0 Å². The lowest BCUT2D eigenvalue weighted by Crippen LogP contribution is -2.43. The van der Waals surface area contributed by atoms with Crippen molar-refractivity contribution < 1.29 is 14.1 Å². The molecular formula is C20H19N7O3. The van der Waals surface area contributed by atoms with Crippen LogP contribution in [0.2, 0.25) is 0 Å². The molecule has 0 spiro atoms. The van der Waals surface area contributed by atoms with E-state index in [0.717, 1.165) is 11.1 Å². The molecule has 0 bridgehead atoms. The lowest BCUT2D eigenvalue weighted by Gasteiger charge is -2.31. The maximum absolute atomic E-state index is 12.6. The van der Waals surface area contributed by atoms with Gasteiger partial charge in [0.1, 0.15) is 12.5 Å². The molecule has 10 heteroatoms. The number of carbonyl (C=O) groups is 1. The molecular weight excluding hydrogens is 386 g/mol. The fourth-order valence-corrected chi connectivity index (χ4v) is 3.43. The summed E-state index contributed by atoms with van der Waals surface area (Å²) in [6, 6.07) is 7.77. The molecule has 1 aliphatic rings. The van der Waals surface area contributed by atoms with Crippen LogP contribution in [0.25, 0.3) is 16.8 Å². The molecule has 0 saturated carbocycles. The normalized spacial score (nSPS) is 16.8. The molecule has 0 aromatic carbocycles. The molecule has 5 heterocycles. The summed E-state index contributed by atoms with van der Waals surface area (Å²) in [5.41, 5.74) is 2.70. The van der Waals surface area contributed by atoms with Crippen molar-refractivity contribution >= 4 is 11.6 Å². The Morgan fingerprint density at radius 1 is 1.23 bits per heavy atom. The summed E-state index contributed by atoms with van der Waals surface area (Å²) >= 11 is 0. The maximum Gasteiger partial charge on any atom is 0.236 e. The Morgan fingerprint density at radius 3 is 2.97 bits per heavy atom. The average molecular weight is 405 g/mol. The predicted octanol–water partition coefficient (Wildman–Crippen LogP) is 1.63. The van der Waals surface area contributed by atoms with E-state index >= 15 is 0 Å². The molecule has 0 aliphatic carbocycles. The molecule has 30 heavy (non-hydrogen) atoms. The Morgan fingerprint density at radius 2 is 2.17 bits per heavy atom. The van der Waals surface area contributed by atoms with Crippen molar-refractivity contribution in [1.82, 2.24) is 34.6 Å². The minimum atomic E-state index is -0.395. The van der Waals surface area contributed by atoms with Crippen molar-refractivity contribution in [3.63, 3.8) is 0 Å². The summed E-state index contributed by atoms with van der Waals surface area (Å²) < 4.78 is 12.6. The molecule has 4 aromatic rings. The second kappa shape index (κ2) is 7.64. The summed E-state index contributed by atoms with van der Waals surface area (Å²) in [7, 11) is 0. The SMILES string of the molecule is Cc1noc(CC(=O)N2CCOC(c3nc4ccc(-c5cccnc5)cn4n3)C2)n1. The van der Waals surface area contributed by atoms with Crippen LogP contribution in [-0.2, 0) is 16.0 Å². The zero-order valence-electron chi connectivity index (χ0n) is 16.3. The van der Waals surface area contributed by atoms with Gasteiger partial charge in [0.25, 0.3) is 0 Å².